The van der Waals surface area contributed by atoms with Gasteiger partial charge in [-0.3, -0.25) is 4.79 Å². The summed E-state index contributed by atoms with van der Waals surface area (Å²) >= 11 is 0. The second kappa shape index (κ2) is 4.53. The first-order chi connectivity index (χ1) is 7.47. The number of hydrogen-bond acceptors (Lipinski definition) is 4. The summed E-state index contributed by atoms with van der Waals surface area (Å²) in [4.78, 5) is 13.0. The molecule has 0 aliphatic heterocycles. The van der Waals surface area contributed by atoms with E-state index in [9.17, 15) is 9.90 Å². The van der Waals surface area contributed by atoms with Crippen molar-refractivity contribution in [3.8, 4) is 17.6 Å². The second-order valence-corrected chi connectivity index (χ2v) is 3.42. The van der Waals surface area contributed by atoms with Crippen LogP contribution in [0.1, 0.15) is 17.3 Å². The molecule has 1 aromatic carbocycles. The molecule has 0 fully saturated rings. The van der Waals surface area contributed by atoms with Crippen molar-refractivity contribution in [3.63, 3.8) is 0 Å². The molecule has 0 saturated carbocycles. The van der Waals surface area contributed by atoms with E-state index in [1.807, 2.05) is 6.07 Å². The first kappa shape index (κ1) is 11.9. The van der Waals surface area contributed by atoms with E-state index in [0.29, 0.717) is 0 Å². The van der Waals surface area contributed by atoms with Gasteiger partial charge in [0.05, 0.1) is 11.6 Å². The quantitative estimate of drug-likeness (QED) is 0.781. The van der Waals surface area contributed by atoms with Crippen molar-refractivity contribution in [1.82, 2.24) is 4.90 Å². The zero-order chi connectivity index (χ0) is 12.3. The number of nitriles is 1. The van der Waals surface area contributed by atoms with Crippen molar-refractivity contribution in [2.24, 2.45) is 0 Å². The summed E-state index contributed by atoms with van der Waals surface area (Å²) < 4.78 is 0. The Kier molecular flexibility index (Phi) is 3.36. The number of benzene rings is 1. The van der Waals surface area contributed by atoms with Crippen LogP contribution in [0, 0.1) is 11.3 Å². The monoisotopic (exact) mass is 220 g/mol. The summed E-state index contributed by atoms with van der Waals surface area (Å²) in [5.41, 5.74) is 0.0578. The molecule has 1 atom stereocenters. The van der Waals surface area contributed by atoms with Crippen molar-refractivity contribution < 1.29 is 15.0 Å². The SMILES string of the molecule is CC(C#N)N(C)C(=O)c1ccc(O)cc1O. The number of carbonyl (C=O) groups excluding carboxylic acids is 1. The van der Waals surface area contributed by atoms with E-state index in [0.717, 1.165) is 6.07 Å². The van der Waals surface area contributed by atoms with Gasteiger partial charge >= 0.3 is 0 Å². The average molecular weight is 220 g/mol. The molecule has 1 unspecified atom stereocenters. The van der Waals surface area contributed by atoms with Gasteiger partial charge in [-0.05, 0) is 19.1 Å². The predicted molar refractivity (Wildman–Crippen MR) is 56.9 cm³/mol. The normalized spacial score (nSPS) is 11.6. The Balaban J connectivity index is 3.02. The van der Waals surface area contributed by atoms with Gasteiger partial charge in [0.1, 0.15) is 17.5 Å². The molecular weight excluding hydrogens is 208 g/mol. The molecule has 0 saturated heterocycles. The minimum atomic E-state index is -0.583. The summed E-state index contributed by atoms with van der Waals surface area (Å²) in [6, 6.07) is 5.04. The Labute approximate surface area is 93.2 Å². The summed E-state index contributed by atoms with van der Waals surface area (Å²) in [6.45, 7) is 1.58. The molecule has 0 radical (unpaired) electrons. The van der Waals surface area contributed by atoms with Crippen LogP contribution in [0.25, 0.3) is 0 Å². The molecule has 2 N–H and O–H groups in total. The summed E-state index contributed by atoms with van der Waals surface area (Å²) in [5.74, 6) is -0.890. The van der Waals surface area contributed by atoms with E-state index >= 15 is 0 Å². The maximum Gasteiger partial charge on any atom is 0.258 e. The van der Waals surface area contributed by atoms with Crippen LogP contribution in [-0.2, 0) is 0 Å². The minimum absolute atomic E-state index is 0.0578. The van der Waals surface area contributed by atoms with Crippen LogP contribution in [-0.4, -0.2) is 34.1 Å². The predicted octanol–water partition coefficient (Wildman–Crippen LogP) is 1.08. The number of rotatable bonds is 2. The molecule has 16 heavy (non-hydrogen) atoms. The molecular formula is C11H12N2O3. The Bertz CT molecular complexity index is 451. The highest BCUT2D eigenvalue weighted by atomic mass is 16.3. The topological polar surface area (TPSA) is 84.6 Å². The lowest BCUT2D eigenvalue weighted by atomic mass is 10.1. The van der Waals surface area contributed by atoms with Crippen molar-refractivity contribution in [3.05, 3.63) is 23.8 Å². The maximum absolute atomic E-state index is 11.8. The Morgan fingerprint density at radius 2 is 2.12 bits per heavy atom. The smallest absolute Gasteiger partial charge is 0.258 e. The molecule has 5 nitrogen and oxygen atoms in total. The molecule has 0 bridgehead atoms. The fourth-order valence-corrected chi connectivity index (χ4v) is 1.15. The lowest BCUT2D eigenvalue weighted by Gasteiger charge is -2.19. The minimum Gasteiger partial charge on any atom is -0.508 e. The summed E-state index contributed by atoms with van der Waals surface area (Å²) in [5, 5.41) is 27.2. The van der Waals surface area contributed by atoms with Crippen molar-refractivity contribution in [1.29, 1.82) is 5.26 Å². The molecule has 0 heterocycles. The first-order valence-corrected chi connectivity index (χ1v) is 4.66. The van der Waals surface area contributed by atoms with Gasteiger partial charge in [-0.15, -0.1) is 0 Å². The number of aromatic hydroxyl groups is 2. The van der Waals surface area contributed by atoms with Gasteiger partial charge in [0.25, 0.3) is 5.91 Å². The lowest BCUT2D eigenvalue weighted by Crippen LogP contribution is -2.34. The van der Waals surface area contributed by atoms with E-state index in [1.54, 1.807) is 6.92 Å². The third-order valence-electron chi connectivity index (χ3n) is 2.30. The number of hydrogen-bond donors (Lipinski definition) is 2. The third kappa shape index (κ3) is 2.23. The molecule has 0 aromatic heterocycles. The van der Waals surface area contributed by atoms with Gasteiger partial charge in [-0.25, -0.2) is 0 Å². The number of amides is 1. The van der Waals surface area contributed by atoms with Crippen LogP contribution in [0.4, 0.5) is 0 Å². The fraction of sp³-hybridized carbons (Fsp3) is 0.273. The van der Waals surface area contributed by atoms with E-state index in [1.165, 1.54) is 24.1 Å². The van der Waals surface area contributed by atoms with Gasteiger partial charge in [0.2, 0.25) is 0 Å². The molecule has 84 valence electrons. The molecule has 1 aromatic rings. The average Bonchev–Trinajstić information content (AvgIpc) is 2.26. The number of carbonyl (C=O) groups is 1. The van der Waals surface area contributed by atoms with E-state index in [4.69, 9.17) is 10.4 Å². The number of phenolic OH excluding ortho intramolecular Hbond substituents is 2. The number of phenols is 2. The molecule has 0 spiro atoms. The maximum atomic E-state index is 11.8. The standard InChI is InChI=1S/C11H12N2O3/c1-7(6-12)13(2)11(16)9-4-3-8(14)5-10(9)15/h3-5,7,14-15H,1-2H3. The Hall–Kier alpha value is -2.22. The first-order valence-electron chi connectivity index (χ1n) is 4.66. The summed E-state index contributed by atoms with van der Waals surface area (Å²) in [6.07, 6.45) is 0. The lowest BCUT2D eigenvalue weighted by molar-refractivity contribution is 0.0770. The zero-order valence-electron chi connectivity index (χ0n) is 9.01. The second-order valence-electron chi connectivity index (χ2n) is 3.42. The van der Waals surface area contributed by atoms with Crippen molar-refractivity contribution in [2.75, 3.05) is 7.05 Å². The van der Waals surface area contributed by atoms with E-state index < -0.39 is 11.9 Å². The van der Waals surface area contributed by atoms with Gasteiger partial charge in [0, 0.05) is 13.1 Å². The largest absolute Gasteiger partial charge is 0.508 e. The van der Waals surface area contributed by atoms with Crippen LogP contribution in [0.5, 0.6) is 11.5 Å². The van der Waals surface area contributed by atoms with Crippen LogP contribution in [0.2, 0.25) is 0 Å². The van der Waals surface area contributed by atoms with Gasteiger partial charge in [0.15, 0.2) is 0 Å². The fourth-order valence-electron chi connectivity index (χ4n) is 1.15. The van der Waals surface area contributed by atoms with E-state index in [2.05, 4.69) is 0 Å². The van der Waals surface area contributed by atoms with Crippen LogP contribution in [0.15, 0.2) is 18.2 Å². The van der Waals surface area contributed by atoms with Crippen LogP contribution in [0.3, 0.4) is 0 Å². The summed E-state index contributed by atoms with van der Waals surface area (Å²) in [7, 11) is 1.47. The molecule has 1 rings (SSSR count). The third-order valence-corrected chi connectivity index (χ3v) is 2.30. The Morgan fingerprint density at radius 3 is 2.62 bits per heavy atom. The molecule has 0 aliphatic rings. The van der Waals surface area contributed by atoms with Crippen molar-refractivity contribution >= 4 is 5.91 Å². The van der Waals surface area contributed by atoms with Crippen LogP contribution < -0.4 is 0 Å². The molecule has 5 heteroatoms. The highest BCUT2D eigenvalue weighted by molar-refractivity contribution is 5.97. The molecule has 0 aliphatic carbocycles. The van der Waals surface area contributed by atoms with E-state index in [-0.39, 0.29) is 17.1 Å². The molecule has 1 amide bonds. The highest BCUT2D eigenvalue weighted by Crippen LogP contribution is 2.23. The van der Waals surface area contributed by atoms with Gasteiger partial charge in [-0.2, -0.15) is 5.26 Å². The van der Waals surface area contributed by atoms with Gasteiger partial charge < -0.3 is 15.1 Å². The Morgan fingerprint density at radius 1 is 1.50 bits per heavy atom. The van der Waals surface area contributed by atoms with Gasteiger partial charge in [-0.1, -0.05) is 0 Å². The van der Waals surface area contributed by atoms with Crippen LogP contribution >= 0.6 is 0 Å². The highest BCUT2D eigenvalue weighted by Gasteiger charge is 2.19. The zero-order valence-corrected chi connectivity index (χ0v) is 9.01. The number of nitrogens with zero attached hydrogens (tertiary/aromatic N) is 2. The van der Waals surface area contributed by atoms with Crippen molar-refractivity contribution in [2.45, 2.75) is 13.0 Å².